The van der Waals surface area contributed by atoms with Gasteiger partial charge in [0.2, 0.25) is 5.71 Å². The summed E-state index contributed by atoms with van der Waals surface area (Å²) in [7, 11) is 0. The Balaban J connectivity index is 1.66. The summed E-state index contributed by atoms with van der Waals surface area (Å²) in [5.74, 6) is 0.823. The molecule has 4 aromatic heterocycles. The number of hydrogen-bond donors (Lipinski definition) is 0. The summed E-state index contributed by atoms with van der Waals surface area (Å²) in [6, 6.07) is 28.8. The Morgan fingerprint density at radius 3 is 2.35 bits per heavy atom. The maximum absolute atomic E-state index is 6.34. The standard InChI is InChI=1S/C29H20N4O/c1-17-15-16-21-20-12-8-13-23(27(20)34-29(21)30-17)28-32-25-22-11-6-7-14-24(22)31-18(2)26(25)33(28)19-9-4-3-5-10-19/h3-16H,1-2H3. The van der Waals surface area contributed by atoms with Gasteiger partial charge in [-0.1, -0.05) is 48.5 Å². The molecule has 0 fully saturated rings. The third-order valence-electron chi connectivity index (χ3n) is 6.43. The molecule has 5 nitrogen and oxygen atoms in total. The van der Waals surface area contributed by atoms with Gasteiger partial charge in [-0.2, -0.15) is 0 Å². The Morgan fingerprint density at radius 1 is 0.676 bits per heavy atom. The average molecular weight is 441 g/mol. The van der Waals surface area contributed by atoms with Gasteiger partial charge in [0.25, 0.3) is 0 Å². The number of nitrogens with zero attached hydrogens (tertiary/aromatic N) is 4. The number of aryl methyl sites for hydroxylation is 2. The van der Waals surface area contributed by atoms with E-state index in [0.29, 0.717) is 5.71 Å². The van der Waals surface area contributed by atoms with Crippen molar-refractivity contribution in [3.8, 4) is 17.1 Å². The fourth-order valence-electron chi connectivity index (χ4n) is 4.90. The highest BCUT2D eigenvalue weighted by Gasteiger charge is 2.22. The summed E-state index contributed by atoms with van der Waals surface area (Å²) < 4.78 is 8.54. The molecule has 0 saturated carbocycles. The van der Waals surface area contributed by atoms with Crippen molar-refractivity contribution in [3.63, 3.8) is 0 Å². The van der Waals surface area contributed by atoms with Gasteiger partial charge in [-0.25, -0.2) is 9.97 Å². The zero-order valence-electron chi connectivity index (χ0n) is 18.8. The van der Waals surface area contributed by atoms with Crippen LogP contribution < -0.4 is 0 Å². The van der Waals surface area contributed by atoms with Gasteiger partial charge >= 0.3 is 0 Å². The van der Waals surface area contributed by atoms with Gasteiger partial charge in [0.15, 0.2) is 0 Å². The molecule has 0 spiro atoms. The van der Waals surface area contributed by atoms with Crippen LogP contribution in [0.25, 0.3) is 61.1 Å². The van der Waals surface area contributed by atoms with Crippen LogP contribution in [-0.2, 0) is 0 Å². The molecule has 0 atom stereocenters. The average Bonchev–Trinajstić information content (AvgIpc) is 3.44. The normalized spacial score (nSPS) is 11.8. The minimum absolute atomic E-state index is 0.646. The van der Waals surface area contributed by atoms with Gasteiger partial charge in [0.1, 0.15) is 16.9 Å². The molecule has 0 aliphatic heterocycles. The minimum Gasteiger partial charge on any atom is -0.437 e. The number of para-hydroxylation sites is 3. The lowest BCUT2D eigenvalue weighted by Crippen LogP contribution is -1.99. The first-order valence-corrected chi connectivity index (χ1v) is 11.3. The summed E-state index contributed by atoms with van der Waals surface area (Å²) >= 11 is 0. The largest absolute Gasteiger partial charge is 0.437 e. The molecule has 0 N–H and O–H groups in total. The van der Waals surface area contributed by atoms with Gasteiger partial charge < -0.3 is 4.42 Å². The number of rotatable bonds is 2. The summed E-state index contributed by atoms with van der Waals surface area (Å²) in [5, 5.41) is 3.08. The molecule has 0 radical (unpaired) electrons. The van der Waals surface area contributed by atoms with E-state index in [-0.39, 0.29) is 0 Å². The van der Waals surface area contributed by atoms with E-state index in [1.807, 2.05) is 56.3 Å². The van der Waals surface area contributed by atoms with Crippen LogP contribution in [0.15, 0.2) is 89.3 Å². The number of aromatic nitrogens is 4. The Morgan fingerprint density at radius 2 is 1.47 bits per heavy atom. The van der Waals surface area contributed by atoms with Gasteiger partial charge in [-0.05, 0) is 50.2 Å². The second-order valence-electron chi connectivity index (χ2n) is 8.61. The highest BCUT2D eigenvalue weighted by Crippen LogP contribution is 2.39. The van der Waals surface area contributed by atoms with E-state index < -0.39 is 0 Å². The molecule has 3 aromatic carbocycles. The summed E-state index contributed by atoms with van der Waals surface area (Å²) in [6.45, 7) is 4.03. The van der Waals surface area contributed by atoms with E-state index in [9.17, 15) is 0 Å². The zero-order chi connectivity index (χ0) is 22.8. The van der Waals surface area contributed by atoms with E-state index in [1.165, 1.54) is 0 Å². The van der Waals surface area contributed by atoms with Crippen LogP contribution in [0.2, 0.25) is 0 Å². The summed E-state index contributed by atoms with van der Waals surface area (Å²) in [4.78, 5) is 14.8. The van der Waals surface area contributed by atoms with Crippen LogP contribution >= 0.6 is 0 Å². The van der Waals surface area contributed by atoms with E-state index in [2.05, 4.69) is 52.0 Å². The number of furan rings is 1. The Hall–Kier alpha value is -4.51. The van der Waals surface area contributed by atoms with E-state index in [4.69, 9.17) is 14.4 Å². The van der Waals surface area contributed by atoms with Crippen LogP contribution in [0.5, 0.6) is 0 Å². The molecular formula is C29H20N4O. The number of hydrogen-bond acceptors (Lipinski definition) is 4. The van der Waals surface area contributed by atoms with Gasteiger partial charge in [0.05, 0.1) is 22.3 Å². The molecule has 34 heavy (non-hydrogen) atoms. The molecule has 0 unspecified atom stereocenters. The fraction of sp³-hybridized carbons (Fsp3) is 0.0690. The van der Waals surface area contributed by atoms with E-state index in [1.54, 1.807) is 0 Å². The molecule has 7 aromatic rings. The van der Waals surface area contributed by atoms with Crippen molar-refractivity contribution in [1.82, 2.24) is 19.5 Å². The minimum atomic E-state index is 0.646. The number of pyridine rings is 2. The summed E-state index contributed by atoms with van der Waals surface area (Å²) in [5.41, 5.74) is 8.14. The Kier molecular flexibility index (Phi) is 3.91. The molecule has 5 heteroatoms. The van der Waals surface area contributed by atoms with Gasteiger partial charge in [0, 0.05) is 27.5 Å². The molecule has 162 valence electrons. The van der Waals surface area contributed by atoms with Crippen LogP contribution in [0, 0.1) is 13.8 Å². The molecule has 0 bridgehead atoms. The smallest absolute Gasteiger partial charge is 0.227 e. The van der Waals surface area contributed by atoms with Gasteiger partial charge in [-0.15, -0.1) is 0 Å². The zero-order valence-corrected chi connectivity index (χ0v) is 18.8. The highest BCUT2D eigenvalue weighted by atomic mass is 16.3. The van der Waals surface area contributed by atoms with Crippen molar-refractivity contribution in [2.24, 2.45) is 0 Å². The predicted molar refractivity (Wildman–Crippen MR) is 136 cm³/mol. The van der Waals surface area contributed by atoms with Crippen LogP contribution in [0.1, 0.15) is 11.4 Å². The Labute approximate surface area is 195 Å². The monoisotopic (exact) mass is 440 g/mol. The van der Waals surface area contributed by atoms with Crippen LogP contribution in [-0.4, -0.2) is 19.5 Å². The van der Waals surface area contributed by atoms with E-state index >= 15 is 0 Å². The molecule has 7 rings (SSSR count). The molecule has 4 heterocycles. The molecule has 0 saturated heterocycles. The SMILES string of the molecule is Cc1ccc2c(n1)oc1c(-c3nc4c5ccccc5nc(C)c4n3-c3ccccc3)cccc12. The second-order valence-corrected chi connectivity index (χ2v) is 8.61. The first-order chi connectivity index (χ1) is 16.7. The molecular weight excluding hydrogens is 420 g/mol. The van der Waals surface area contributed by atoms with Gasteiger partial charge in [-0.3, -0.25) is 9.55 Å². The Bertz CT molecular complexity index is 1880. The number of imidazole rings is 1. The number of benzene rings is 3. The van der Waals surface area contributed by atoms with Crippen molar-refractivity contribution in [2.45, 2.75) is 13.8 Å². The third-order valence-corrected chi connectivity index (χ3v) is 6.43. The second kappa shape index (κ2) is 6.99. The van der Waals surface area contributed by atoms with E-state index in [0.717, 1.165) is 66.8 Å². The lowest BCUT2D eigenvalue weighted by molar-refractivity contribution is 0.653. The van der Waals surface area contributed by atoms with Crippen molar-refractivity contribution in [2.75, 3.05) is 0 Å². The van der Waals surface area contributed by atoms with Crippen molar-refractivity contribution < 1.29 is 4.42 Å². The van der Waals surface area contributed by atoms with Crippen LogP contribution in [0.4, 0.5) is 0 Å². The first kappa shape index (κ1) is 19.0. The maximum Gasteiger partial charge on any atom is 0.227 e. The summed E-state index contributed by atoms with van der Waals surface area (Å²) in [6.07, 6.45) is 0. The van der Waals surface area contributed by atoms with Crippen LogP contribution in [0.3, 0.4) is 0 Å². The lowest BCUT2D eigenvalue weighted by atomic mass is 10.1. The topological polar surface area (TPSA) is 56.7 Å². The lowest BCUT2D eigenvalue weighted by Gasteiger charge is -2.11. The third kappa shape index (κ3) is 2.64. The maximum atomic E-state index is 6.34. The first-order valence-electron chi connectivity index (χ1n) is 11.3. The molecule has 0 amide bonds. The highest BCUT2D eigenvalue weighted by molar-refractivity contribution is 6.10. The molecule has 0 aliphatic carbocycles. The predicted octanol–water partition coefficient (Wildman–Crippen LogP) is 7.15. The number of fused-ring (bicyclic) bond motifs is 6. The van der Waals surface area contributed by atoms with Crippen molar-refractivity contribution in [1.29, 1.82) is 0 Å². The van der Waals surface area contributed by atoms with Crippen molar-refractivity contribution >= 4 is 44.0 Å². The fourth-order valence-corrected chi connectivity index (χ4v) is 4.90. The molecule has 0 aliphatic rings. The van der Waals surface area contributed by atoms with Crippen molar-refractivity contribution in [3.05, 3.63) is 96.3 Å². The quantitative estimate of drug-likeness (QED) is 0.286.